The summed E-state index contributed by atoms with van der Waals surface area (Å²) in [5.41, 5.74) is 8.49. The van der Waals surface area contributed by atoms with Crippen molar-refractivity contribution >= 4 is 18.3 Å². The molecule has 2 aliphatic carbocycles. The smallest absolute Gasteiger partial charge is 0.240 e. The molecular formula is C17H25ClN2O. The molecule has 0 bridgehead atoms. The van der Waals surface area contributed by atoms with Crippen molar-refractivity contribution in [2.24, 2.45) is 5.73 Å². The molecule has 3 nitrogen and oxygen atoms in total. The van der Waals surface area contributed by atoms with Crippen LogP contribution in [0.25, 0.3) is 0 Å². The van der Waals surface area contributed by atoms with Gasteiger partial charge in [-0.25, -0.2) is 0 Å². The zero-order chi connectivity index (χ0) is 14.0. The van der Waals surface area contributed by atoms with Crippen LogP contribution < -0.4 is 11.1 Å². The van der Waals surface area contributed by atoms with Gasteiger partial charge in [-0.2, -0.15) is 0 Å². The number of fused-ring (bicyclic) bond motifs is 1. The molecule has 0 spiro atoms. The van der Waals surface area contributed by atoms with E-state index in [2.05, 4.69) is 29.6 Å². The van der Waals surface area contributed by atoms with E-state index in [0.717, 1.165) is 44.9 Å². The van der Waals surface area contributed by atoms with Gasteiger partial charge in [0.2, 0.25) is 5.91 Å². The summed E-state index contributed by atoms with van der Waals surface area (Å²) in [6.45, 7) is 0. The SMILES string of the molecule is Cl.NC1(C(=O)NC2CCc3ccccc3C2)CCCCC1. The maximum atomic E-state index is 12.5. The summed E-state index contributed by atoms with van der Waals surface area (Å²) < 4.78 is 0. The van der Waals surface area contributed by atoms with E-state index in [1.165, 1.54) is 17.5 Å². The highest BCUT2D eigenvalue weighted by Gasteiger charge is 2.36. The lowest BCUT2D eigenvalue weighted by Crippen LogP contribution is -2.57. The molecule has 21 heavy (non-hydrogen) atoms. The summed E-state index contributed by atoms with van der Waals surface area (Å²) in [6.07, 6.45) is 8.07. The van der Waals surface area contributed by atoms with E-state index in [9.17, 15) is 4.79 Å². The topological polar surface area (TPSA) is 55.1 Å². The molecule has 116 valence electrons. The largest absolute Gasteiger partial charge is 0.351 e. The molecule has 1 amide bonds. The Morgan fingerprint density at radius 2 is 1.81 bits per heavy atom. The number of hydrogen-bond acceptors (Lipinski definition) is 2. The molecule has 1 aromatic carbocycles. The third-order valence-electron chi connectivity index (χ3n) is 4.88. The van der Waals surface area contributed by atoms with Crippen LogP contribution in [0.15, 0.2) is 24.3 Å². The number of carbonyl (C=O) groups excluding carboxylic acids is 1. The molecule has 1 atom stereocenters. The van der Waals surface area contributed by atoms with Gasteiger partial charge in [0, 0.05) is 6.04 Å². The minimum Gasteiger partial charge on any atom is -0.351 e. The van der Waals surface area contributed by atoms with Crippen LogP contribution in [-0.2, 0) is 17.6 Å². The Morgan fingerprint density at radius 1 is 1.14 bits per heavy atom. The van der Waals surface area contributed by atoms with Crippen molar-refractivity contribution in [3.8, 4) is 0 Å². The molecule has 4 heteroatoms. The third kappa shape index (κ3) is 3.58. The fraction of sp³-hybridized carbons (Fsp3) is 0.588. The van der Waals surface area contributed by atoms with Crippen LogP contribution in [0.1, 0.15) is 49.7 Å². The van der Waals surface area contributed by atoms with Crippen molar-refractivity contribution in [3.63, 3.8) is 0 Å². The van der Waals surface area contributed by atoms with Crippen LogP contribution in [-0.4, -0.2) is 17.5 Å². The van der Waals surface area contributed by atoms with E-state index in [1.54, 1.807) is 0 Å². The molecule has 1 fully saturated rings. The normalized spacial score (nSPS) is 23.6. The summed E-state index contributed by atoms with van der Waals surface area (Å²) in [5, 5.41) is 3.21. The van der Waals surface area contributed by atoms with E-state index in [1.807, 2.05) is 0 Å². The number of amides is 1. The van der Waals surface area contributed by atoms with Crippen LogP contribution in [0.5, 0.6) is 0 Å². The lowest BCUT2D eigenvalue weighted by atomic mass is 9.81. The Balaban J connectivity index is 0.00000161. The highest BCUT2D eigenvalue weighted by Crippen LogP contribution is 2.27. The van der Waals surface area contributed by atoms with Gasteiger partial charge >= 0.3 is 0 Å². The van der Waals surface area contributed by atoms with Gasteiger partial charge in [-0.15, -0.1) is 12.4 Å². The number of aryl methyl sites for hydroxylation is 1. The Kier molecular flexibility index (Phi) is 5.28. The van der Waals surface area contributed by atoms with Gasteiger partial charge in [0.25, 0.3) is 0 Å². The zero-order valence-electron chi connectivity index (χ0n) is 12.4. The van der Waals surface area contributed by atoms with Crippen molar-refractivity contribution in [1.82, 2.24) is 5.32 Å². The fourth-order valence-corrected chi connectivity index (χ4v) is 3.56. The van der Waals surface area contributed by atoms with E-state index in [4.69, 9.17) is 5.73 Å². The second kappa shape index (κ2) is 6.80. The number of nitrogens with one attached hydrogen (secondary N) is 1. The molecule has 0 saturated heterocycles. The fourth-order valence-electron chi connectivity index (χ4n) is 3.56. The van der Waals surface area contributed by atoms with Crippen molar-refractivity contribution in [2.45, 2.75) is 62.9 Å². The van der Waals surface area contributed by atoms with Crippen LogP contribution in [0, 0.1) is 0 Å². The van der Waals surface area contributed by atoms with Gasteiger partial charge in [0.1, 0.15) is 0 Å². The summed E-state index contributed by atoms with van der Waals surface area (Å²) in [6, 6.07) is 8.79. The van der Waals surface area contributed by atoms with Gasteiger partial charge in [0.15, 0.2) is 0 Å². The van der Waals surface area contributed by atoms with Crippen LogP contribution in [0.3, 0.4) is 0 Å². The number of nitrogens with two attached hydrogens (primary N) is 1. The number of hydrogen-bond donors (Lipinski definition) is 2. The summed E-state index contributed by atoms with van der Waals surface area (Å²) in [4.78, 5) is 12.5. The number of rotatable bonds is 2. The van der Waals surface area contributed by atoms with Crippen molar-refractivity contribution in [2.75, 3.05) is 0 Å². The minimum absolute atomic E-state index is 0. The third-order valence-corrected chi connectivity index (χ3v) is 4.88. The van der Waals surface area contributed by atoms with Crippen LogP contribution in [0.4, 0.5) is 0 Å². The molecular weight excluding hydrogens is 284 g/mol. The lowest BCUT2D eigenvalue weighted by molar-refractivity contribution is -0.128. The molecule has 3 N–H and O–H groups in total. The Hall–Kier alpha value is -1.06. The highest BCUT2D eigenvalue weighted by molar-refractivity contribution is 5.86. The lowest BCUT2D eigenvalue weighted by Gasteiger charge is -2.34. The molecule has 0 radical (unpaired) electrons. The average molecular weight is 309 g/mol. The van der Waals surface area contributed by atoms with E-state index >= 15 is 0 Å². The van der Waals surface area contributed by atoms with Crippen molar-refractivity contribution < 1.29 is 4.79 Å². The summed E-state index contributed by atoms with van der Waals surface area (Å²) in [5.74, 6) is 0.0709. The predicted octanol–water partition coefficient (Wildman–Crippen LogP) is 2.74. The Bertz CT molecular complexity index is 497. The first-order valence-corrected chi connectivity index (χ1v) is 7.84. The minimum atomic E-state index is -0.616. The molecule has 1 aromatic rings. The highest BCUT2D eigenvalue weighted by atomic mass is 35.5. The Labute approximate surface area is 133 Å². The van der Waals surface area contributed by atoms with E-state index in [-0.39, 0.29) is 24.4 Å². The van der Waals surface area contributed by atoms with Crippen molar-refractivity contribution in [1.29, 1.82) is 0 Å². The second-order valence-corrected chi connectivity index (χ2v) is 6.40. The molecule has 1 unspecified atom stereocenters. The summed E-state index contributed by atoms with van der Waals surface area (Å²) in [7, 11) is 0. The summed E-state index contributed by atoms with van der Waals surface area (Å²) >= 11 is 0. The number of carbonyl (C=O) groups is 1. The van der Waals surface area contributed by atoms with Crippen molar-refractivity contribution in [3.05, 3.63) is 35.4 Å². The second-order valence-electron chi connectivity index (χ2n) is 6.40. The molecule has 1 saturated carbocycles. The first-order valence-electron chi connectivity index (χ1n) is 7.84. The molecule has 0 aromatic heterocycles. The zero-order valence-corrected chi connectivity index (χ0v) is 13.3. The average Bonchev–Trinajstić information content (AvgIpc) is 2.48. The predicted molar refractivity (Wildman–Crippen MR) is 87.6 cm³/mol. The monoisotopic (exact) mass is 308 g/mol. The first kappa shape index (κ1) is 16.3. The molecule has 3 rings (SSSR count). The Morgan fingerprint density at radius 3 is 2.52 bits per heavy atom. The van der Waals surface area contributed by atoms with Gasteiger partial charge < -0.3 is 11.1 Å². The molecule has 0 aliphatic heterocycles. The van der Waals surface area contributed by atoms with E-state index < -0.39 is 5.54 Å². The quantitative estimate of drug-likeness (QED) is 0.882. The molecule has 0 heterocycles. The maximum absolute atomic E-state index is 12.5. The van der Waals surface area contributed by atoms with Gasteiger partial charge in [-0.1, -0.05) is 43.5 Å². The number of halogens is 1. The van der Waals surface area contributed by atoms with Gasteiger partial charge in [-0.05, 0) is 43.2 Å². The van der Waals surface area contributed by atoms with Crippen LogP contribution >= 0.6 is 12.4 Å². The van der Waals surface area contributed by atoms with Gasteiger partial charge in [0.05, 0.1) is 5.54 Å². The molecule has 2 aliphatic rings. The van der Waals surface area contributed by atoms with Gasteiger partial charge in [-0.3, -0.25) is 4.79 Å². The van der Waals surface area contributed by atoms with Crippen LogP contribution in [0.2, 0.25) is 0 Å². The number of benzene rings is 1. The maximum Gasteiger partial charge on any atom is 0.240 e. The standard InChI is InChI=1S/C17H24N2O.ClH/c18-17(10-4-1-5-11-17)16(20)19-15-9-8-13-6-2-3-7-14(13)12-15;/h2-3,6-7,15H,1,4-5,8-12,18H2,(H,19,20);1H. The van der Waals surface area contributed by atoms with E-state index in [0.29, 0.717) is 0 Å². The first-order chi connectivity index (χ1) is 9.67.